The molecule has 0 fully saturated rings. The number of methoxy groups -OCH3 is 2. The monoisotopic (exact) mass is 351 g/mol. The molecule has 3 aromatic rings. The molecule has 0 radical (unpaired) electrons. The van der Waals surface area contributed by atoms with Crippen LogP contribution in [0.1, 0.15) is 16.1 Å². The summed E-state index contributed by atoms with van der Waals surface area (Å²) in [6.45, 7) is 0.372. The van der Waals surface area contributed by atoms with E-state index in [1.54, 1.807) is 25.0 Å². The number of aromatic nitrogens is 2. The molecule has 0 saturated heterocycles. The first kappa shape index (κ1) is 17.5. The number of carbonyl (C=O) groups is 1. The molecule has 0 aliphatic carbocycles. The van der Waals surface area contributed by atoms with Gasteiger partial charge in [-0.25, -0.2) is 0 Å². The zero-order chi connectivity index (χ0) is 18.5. The first-order chi connectivity index (χ1) is 12.6. The molecular weight excluding hydrogens is 330 g/mol. The molecule has 0 aliphatic heterocycles. The number of rotatable bonds is 6. The maximum Gasteiger partial charge on any atom is 0.272 e. The average Bonchev–Trinajstić information content (AvgIpc) is 3.08. The van der Waals surface area contributed by atoms with Gasteiger partial charge in [0.1, 0.15) is 11.5 Å². The first-order valence-corrected chi connectivity index (χ1v) is 8.21. The number of aryl methyl sites for hydroxylation is 1. The van der Waals surface area contributed by atoms with Crippen LogP contribution in [0, 0.1) is 0 Å². The average molecular weight is 351 g/mol. The minimum absolute atomic E-state index is 0.230. The Morgan fingerprint density at radius 2 is 1.81 bits per heavy atom. The predicted octanol–water partition coefficient (Wildman–Crippen LogP) is 3.03. The summed E-state index contributed by atoms with van der Waals surface area (Å²) in [6.07, 6.45) is 0. The van der Waals surface area contributed by atoms with Crippen molar-refractivity contribution in [1.29, 1.82) is 0 Å². The maximum atomic E-state index is 12.5. The van der Waals surface area contributed by atoms with Crippen molar-refractivity contribution < 1.29 is 14.3 Å². The van der Waals surface area contributed by atoms with E-state index in [-0.39, 0.29) is 5.91 Å². The summed E-state index contributed by atoms with van der Waals surface area (Å²) in [7, 11) is 5.06. The number of carbonyl (C=O) groups excluding carboxylic acids is 1. The van der Waals surface area contributed by atoms with Gasteiger partial charge < -0.3 is 14.8 Å². The maximum absolute atomic E-state index is 12.5. The van der Waals surface area contributed by atoms with Crippen molar-refractivity contribution >= 4 is 5.91 Å². The molecule has 6 heteroatoms. The van der Waals surface area contributed by atoms with Crippen LogP contribution in [0.3, 0.4) is 0 Å². The molecule has 3 rings (SSSR count). The van der Waals surface area contributed by atoms with Crippen molar-refractivity contribution in [3.63, 3.8) is 0 Å². The topological polar surface area (TPSA) is 65.4 Å². The molecule has 0 bridgehead atoms. The second-order valence-electron chi connectivity index (χ2n) is 5.76. The van der Waals surface area contributed by atoms with Crippen molar-refractivity contribution in [3.8, 4) is 22.8 Å². The molecule has 0 saturated carbocycles. The van der Waals surface area contributed by atoms with Crippen LogP contribution in [-0.4, -0.2) is 29.9 Å². The number of hydrogen-bond donors (Lipinski definition) is 1. The van der Waals surface area contributed by atoms with Gasteiger partial charge in [0.2, 0.25) is 0 Å². The van der Waals surface area contributed by atoms with Gasteiger partial charge in [-0.1, -0.05) is 18.2 Å². The van der Waals surface area contributed by atoms with E-state index in [2.05, 4.69) is 10.4 Å². The van der Waals surface area contributed by atoms with Gasteiger partial charge in [0.15, 0.2) is 5.69 Å². The van der Waals surface area contributed by atoms with E-state index < -0.39 is 0 Å². The van der Waals surface area contributed by atoms with Gasteiger partial charge in [0.05, 0.1) is 19.9 Å². The molecule has 134 valence electrons. The molecule has 0 atom stereocenters. The minimum atomic E-state index is -0.230. The van der Waals surface area contributed by atoms with E-state index in [0.29, 0.717) is 12.2 Å². The Balaban J connectivity index is 1.74. The Kier molecular flexibility index (Phi) is 5.22. The van der Waals surface area contributed by atoms with Gasteiger partial charge in [0, 0.05) is 24.7 Å². The molecule has 6 nitrogen and oxygen atoms in total. The van der Waals surface area contributed by atoms with Crippen molar-refractivity contribution in [2.24, 2.45) is 7.05 Å². The summed E-state index contributed by atoms with van der Waals surface area (Å²) in [6, 6.07) is 17.0. The van der Waals surface area contributed by atoms with Gasteiger partial charge in [-0.2, -0.15) is 5.10 Å². The number of benzene rings is 2. The van der Waals surface area contributed by atoms with E-state index in [1.807, 2.05) is 55.6 Å². The number of hydrogen-bond acceptors (Lipinski definition) is 4. The lowest BCUT2D eigenvalue weighted by Gasteiger charge is -2.08. The molecule has 1 heterocycles. The fraction of sp³-hybridized carbons (Fsp3) is 0.200. The van der Waals surface area contributed by atoms with Crippen LogP contribution >= 0.6 is 0 Å². The molecule has 26 heavy (non-hydrogen) atoms. The molecule has 1 N–H and O–H groups in total. The van der Waals surface area contributed by atoms with Gasteiger partial charge in [-0.15, -0.1) is 0 Å². The Labute approximate surface area is 152 Å². The Bertz CT molecular complexity index is 901. The summed E-state index contributed by atoms with van der Waals surface area (Å²) in [5.41, 5.74) is 3.10. The largest absolute Gasteiger partial charge is 0.497 e. The van der Waals surface area contributed by atoms with Crippen LogP contribution in [0.25, 0.3) is 11.3 Å². The summed E-state index contributed by atoms with van der Waals surface area (Å²) in [5, 5.41) is 7.21. The second kappa shape index (κ2) is 7.74. The predicted molar refractivity (Wildman–Crippen MR) is 99.4 cm³/mol. The number of amides is 1. The lowest BCUT2D eigenvalue weighted by atomic mass is 10.1. The standard InChI is InChI=1S/C20H21N3O3/c1-23-18(14-8-10-16(25-2)11-9-14)12-17(22-23)20(24)21-13-15-6-4-5-7-19(15)26-3/h4-12H,13H2,1-3H3,(H,21,24). The highest BCUT2D eigenvalue weighted by molar-refractivity contribution is 5.93. The van der Waals surface area contributed by atoms with Crippen LogP contribution in [0.15, 0.2) is 54.6 Å². The lowest BCUT2D eigenvalue weighted by molar-refractivity contribution is 0.0945. The van der Waals surface area contributed by atoms with Crippen LogP contribution < -0.4 is 14.8 Å². The van der Waals surface area contributed by atoms with Gasteiger partial charge in [-0.3, -0.25) is 9.48 Å². The van der Waals surface area contributed by atoms with Gasteiger partial charge in [-0.05, 0) is 36.4 Å². The van der Waals surface area contributed by atoms with E-state index in [9.17, 15) is 4.79 Å². The Morgan fingerprint density at radius 3 is 2.50 bits per heavy atom. The molecule has 0 aliphatic rings. The highest BCUT2D eigenvalue weighted by Gasteiger charge is 2.14. The fourth-order valence-electron chi connectivity index (χ4n) is 2.73. The van der Waals surface area contributed by atoms with Crippen molar-refractivity contribution in [2.75, 3.05) is 14.2 Å². The third-order valence-electron chi connectivity index (χ3n) is 4.13. The SMILES string of the molecule is COc1ccc(-c2cc(C(=O)NCc3ccccc3OC)nn2C)cc1. The quantitative estimate of drug-likeness (QED) is 0.741. The van der Waals surface area contributed by atoms with Crippen molar-refractivity contribution in [3.05, 3.63) is 65.9 Å². The first-order valence-electron chi connectivity index (χ1n) is 8.21. The summed E-state index contributed by atoms with van der Waals surface area (Å²) >= 11 is 0. The van der Waals surface area contributed by atoms with Crippen LogP contribution in [-0.2, 0) is 13.6 Å². The Hall–Kier alpha value is -3.28. The highest BCUT2D eigenvalue weighted by Crippen LogP contribution is 2.23. The van der Waals surface area contributed by atoms with Crippen molar-refractivity contribution in [1.82, 2.24) is 15.1 Å². The van der Waals surface area contributed by atoms with Crippen LogP contribution in [0.5, 0.6) is 11.5 Å². The molecule has 1 aromatic heterocycles. The highest BCUT2D eigenvalue weighted by atomic mass is 16.5. The number of nitrogens with one attached hydrogen (secondary N) is 1. The minimum Gasteiger partial charge on any atom is -0.497 e. The third-order valence-corrected chi connectivity index (χ3v) is 4.13. The lowest BCUT2D eigenvalue weighted by Crippen LogP contribution is -2.23. The molecule has 2 aromatic carbocycles. The number of ether oxygens (including phenoxy) is 2. The van der Waals surface area contributed by atoms with E-state index in [1.165, 1.54) is 0 Å². The zero-order valence-electron chi connectivity index (χ0n) is 15.0. The summed E-state index contributed by atoms with van der Waals surface area (Å²) in [5.74, 6) is 1.30. The zero-order valence-corrected chi connectivity index (χ0v) is 15.0. The normalized spacial score (nSPS) is 10.4. The van der Waals surface area contributed by atoms with Gasteiger partial charge in [0.25, 0.3) is 5.91 Å². The molecule has 1 amide bonds. The van der Waals surface area contributed by atoms with E-state index >= 15 is 0 Å². The van der Waals surface area contributed by atoms with E-state index in [0.717, 1.165) is 28.3 Å². The molecule has 0 spiro atoms. The smallest absolute Gasteiger partial charge is 0.272 e. The van der Waals surface area contributed by atoms with Gasteiger partial charge >= 0.3 is 0 Å². The number of para-hydroxylation sites is 1. The van der Waals surface area contributed by atoms with Crippen molar-refractivity contribution in [2.45, 2.75) is 6.54 Å². The van der Waals surface area contributed by atoms with E-state index in [4.69, 9.17) is 9.47 Å². The summed E-state index contributed by atoms with van der Waals surface area (Å²) in [4.78, 5) is 12.5. The summed E-state index contributed by atoms with van der Waals surface area (Å²) < 4.78 is 12.2. The fourth-order valence-corrected chi connectivity index (χ4v) is 2.73. The van der Waals surface area contributed by atoms with Crippen LogP contribution in [0.2, 0.25) is 0 Å². The number of nitrogens with zero attached hydrogens (tertiary/aromatic N) is 2. The second-order valence-corrected chi connectivity index (χ2v) is 5.76. The third kappa shape index (κ3) is 3.69. The molecular formula is C20H21N3O3. The molecule has 0 unspecified atom stereocenters. The Morgan fingerprint density at radius 1 is 1.08 bits per heavy atom. The van der Waals surface area contributed by atoms with Crippen LogP contribution in [0.4, 0.5) is 0 Å².